The summed E-state index contributed by atoms with van der Waals surface area (Å²) >= 11 is 0. The topological polar surface area (TPSA) is 51.3 Å². The second-order valence-electron chi connectivity index (χ2n) is 5.38. The van der Waals surface area contributed by atoms with Crippen molar-refractivity contribution in [1.82, 2.24) is 14.5 Å². The number of carbonyl (C=O) groups is 1. The molecule has 0 unspecified atom stereocenters. The van der Waals surface area contributed by atoms with E-state index in [0.29, 0.717) is 11.7 Å². The first-order valence-electron chi connectivity index (χ1n) is 7.27. The van der Waals surface area contributed by atoms with E-state index in [1.165, 1.54) is 0 Å². The van der Waals surface area contributed by atoms with E-state index in [9.17, 15) is 4.79 Å². The standard InChI is InChI=1S/C16H19N3O2/c20-16(4-3-15-2-1-11-21-15)19-8-5-14(6-9-19)12-18-10-7-17-13-18/h1-4,7,10-11,13-14H,5-6,8-9,12H2/b4-3+. The maximum absolute atomic E-state index is 12.1. The zero-order valence-corrected chi connectivity index (χ0v) is 11.9. The van der Waals surface area contributed by atoms with E-state index >= 15 is 0 Å². The monoisotopic (exact) mass is 285 g/mol. The van der Waals surface area contributed by atoms with E-state index in [2.05, 4.69) is 9.55 Å². The fourth-order valence-corrected chi connectivity index (χ4v) is 2.67. The quantitative estimate of drug-likeness (QED) is 0.811. The Hall–Kier alpha value is -2.30. The third kappa shape index (κ3) is 3.62. The number of carbonyl (C=O) groups excluding carboxylic acids is 1. The summed E-state index contributed by atoms with van der Waals surface area (Å²) in [4.78, 5) is 18.1. The summed E-state index contributed by atoms with van der Waals surface area (Å²) in [5.41, 5.74) is 0. The molecule has 5 heteroatoms. The van der Waals surface area contributed by atoms with E-state index in [-0.39, 0.29) is 5.91 Å². The Morgan fingerprint density at radius 3 is 2.95 bits per heavy atom. The Morgan fingerprint density at radius 2 is 2.29 bits per heavy atom. The largest absolute Gasteiger partial charge is 0.465 e. The van der Waals surface area contributed by atoms with E-state index in [4.69, 9.17) is 4.42 Å². The van der Waals surface area contributed by atoms with Gasteiger partial charge in [0.25, 0.3) is 0 Å². The molecule has 2 aromatic rings. The highest BCUT2D eigenvalue weighted by molar-refractivity contribution is 5.91. The molecule has 0 saturated carbocycles. The number of furan rings is 1. The number of nitrogens with zero attached hydrogens (tertiary/aromatic N) is 3. The Kier molecular flexibility index (Phi) is 4.19. The van der Waals surface area contributed by atoms with Crippen molar-refractivity contribution in [3.8, 4) is 0 Å². The summed E-state index contributed by atoms with van der Waals surface area (Å²) in [5, 5.41) is 0. The Balaban J connectivity index is 1.47. The first-order valence-corrected chi connectivity index (χ1v) is 7.27. The van der Waals surface area contributed by atoms with Gasteiger partial charge in [-0.25, -0.2) is 4.98 Å². The maximum atomic E-state index is 12.1. The number of amides is 1. The minimum atomic E-state index is 0.0625. The number of imidazole rings is 1. The van der Waals surface area contributed by atoms with Gasteiger partial charge in [-0.2, -0.15) is 0 Å². The van der Waals surface area contributed by atoms with Crippen molar-refractivity contribution in [3.63, 3.8) is 0 Å². The number of hydrogen-bond acceptors (Lipinski definition) is 3. The van der Waals surface area contributed by atoms with Crippen molar-refractivity contribution in [3.05, 3.63) is 49.0 Å². The van der Waals surface area contributed by atoms with Gasteiger partial charge in [0.2, 0.25) is 5.91 Å². The summed E-state index contributed by atoms with van der Waals surface area (Å²) in [5.74, 6) is 1.39. The van der Waals surface area contributed by atoms with Crippen LogP contribution in [0.25, 0.3) is 6.08 Å². The van der Waals surface area contributed by atoms with Crippen LogP contribution in [-0.2, 0) is 11.3 Å². The lowest BCUT2D eigenvalue weighted by molar-refractivity contribution is -0.127. The molecule has 5 nitrogen and oxygen atoms in total. The molecule has 0 atom stereocenters. The molecule has 0 aromatic carbocycles. The third-order valence-corrected chi connectivity index (χ3v) is 3.89. The molecule has 1 amide bonds. The number of hydrogen-bond donors (Lipinski definition) is 0. The molecule has 1 aliphatic rings. The minimum absolute atomic E-state index is 0.0625. The Labute approximate surface area is 123 Å². The highest BCUT2D eigenvalue weighted by atomic mass is 16.3. The molecular formula is C16H19N3O2. The lowest BCUT2D eigenvalue weighted by atomic mass is 9.96. The van der Waals surface area contributed by atoms with Crippen LogP contribution in [-0.4, -0.2) is 33.4 Å². The zero-order valence-electron chi connectivity index (χ0n) is 11.9. The maximum Gasteiger partial charge on any atom is 0.246 e. The van der Waals surface area contributed by atoms with Gasteiger partial charge in [-0.15, -0.1) is 0 Å². The molecule has 1 aliphatic heterocycles. The number of aromatic nitrogens is 2. The second-order valence-corrected chi connectivity index (χ2v) is 5.38. The van der Waals surface area contributed by atoms with Crippen LogP contribution < -0.4 is 0 Å². The molecule has 1 saturated heterocycles. The second kappa shape index (κ2) is 6.43. The van der Waals surface area contributed by atoms with Crippen LogP contribution in [0.5, 0.6) is 0 Å². The van der Waals surface area contributed by atoms with Gasteiger partial charge in [-0.05, 0) is 37.0 Å². The van der Waals surface area contributed by atoms with E-state index in [1.807, 2.05) is 29.6 Å². The number of rotatable bonds is 4. The molecular weight excluding hydrogens is 266 g/mol. The molecule has 1 fully saturated rings. The molecule has 0 N–H and O–H groups in total. The van der Waals surface area contributed by atoms with Crippen LogP contribution >= 0.6 is 0 Å². The van der Waals surface area contributed by atoms with Crippen LogP contribution in [0.3, 0.4) is 0 Å². The van der Waals surface area contributed by atoms with Gasteiger partial charge in [0.1, 0.15) is 5.76 Å². The molecule has 3 heterocycles. The summed E-state index contributed by atoms with van der Waals surface area (Å²) in [6.45, 7) is 2.63. The van der Waals surface area contributed by atoms with E-state index in [1.54, 1.807) is 24.6 Å². The predicted octanol–water partition coefficient (Wildman–Crippen LogP) is 2.43. The minimum Gasteiger partial charge on any atom is -0.465 e. The van der Waals surface area contributed by atoms with Crippen LogP contribution in [0.1, 0.15) is 18.6 Å². The van der Waals surface area contributed by atoms with Crippen molar-refractivity contribution >= 4 is 12.0 Å². The van der Waals surface area contributed by atoms with Gasteiger partial charge in [-0.1, -0.05) is 0 Å². The summed E-state index contributed by atoms with van der Waals surface area (Å²) < 4.78 is 7.29. The van der Waals surface area contributed by atoms with E-state index < -0.39 is 0 Å². The lowest BCUT2D eigenvalue weighted by Gasteiger charge is -2.31. The van der Waals surface area contributed by atoms with Gasteiger partial charge in [0.05, 0.1) is 12.6 Å². The number of likely N-dealkylation sites (tertiary alicyclic amines) is 1. The van der Waals surface area contributed by atoms with Gasteiger partial charge in [0, 0.05) is 38.1 Å². The average molecular weight is 285 g/mol. The van der Waals surface area contributed by atoms with Gasteiger partial charge >= 0.3 is 0 Å². The molecule has 0 radical (unpaired) electrons. The Morgan fingerprint density at radius 1 is 1.43 bits per heavy atom. The van der Waals surface area contributed by atoms with Crippen molar-refractivity contribution in [2.75, 3.05) is 13.1 Å². The molecule has 21 heavy (non-hydrogen) atoms. The van der Waals surface area contributed by atoms with Gasteiger partial charge in [0.15, 0.2) is 0 Å². The summed E-state index contributed by atoms with van der Waals surface area (Å²) in [6, 6.07) is 3.65. The smallest absolute Gasteiger partial charge is 0.246 e. The first kappa shape index (κ1) is 13.7. The van der Waals surface area contributed by atoms with Gasteiger partial charge in [-0.3, -0.25) is 4.79 Å². The van der Waals surface area contributed by atoms with Crippen molar-refractivity contribution < 1.29 is 9.21 Å². The average Bonchev–Trinajstić information content (AvgIpc) is 3.19. The molecule has 0 aliphatic carbocycles. The normalized spacial score (nSPS) is 16.7. The van der Waals surface area contributed by atoms with Crippen molar-refractivity contribution in [2.45, 2.75) is 19.4 Å². The van der Waals surface area contributed by atoms with Crippen LogP contribution in [0.2, 0.25) is 0 Å². The molecule has 2 aromatic heterocycles. The third-order valence-electron chi connectivity index (χ3n) is 3.89. The van der Waals surface area contributed by atoms with Crippen LogP contribution in [0.4, 0.5) is 0 Å². The zero-order chi connectivity index (χ0) is 14.5. The molecule has 0 spiro atoms. The highest BCUT2D eigenvalue weighted by Crippen LogP contribution is 2.19. The van der Waals surface area contributed by atoms with Crippen molar-refractivity contribution in [2.24, 2.45) is 5.92 Å². The van der Waals surface area contributed by atoms with Gasteiger partial charge < -0.3 is 13.9 Å². The number of piperidine rings is 1. The molecule has 110 valence electrons. The van der Waals surface area contributed by atoms with E-state index in [0.717, 1.165) is 32.5 Å². The van der Waals surface area contributed by atoms with Crippen molar-refractivity contribution in [1.29, 1.82) is 0 Å². The first-order chi connectivity index (χ1) is 10.3. The predicted molar refractivity (Wildman–Crippen MR) is 79.3 cm³/mol. The fourth-order valence-electron chi connectivity index (χ4n) is 2.67. The lowest BCUT2D eigenvalue weighted by Crippen LogP contribution is -2.38. The Bertz CT molecular complexity index is 579. The molecule has 3 rings (SSSR count). The molecule has 0 bridgehead atoms. The summed E-state index contributed by atoms with van der Waals surface area (Å²) in [6.07, 6.45) is 12.6. The van der Waals surface area contributed by atoms with Crippen LogP contribution in [0.15, 0.2) is 47.6 Å². The SMILES string of the molecule is O=C(/C=C/c1ccco1)N1CCC(Cn2ccnc2)CC1. The van der Waals surface area contributed by atoms with Crippen LogP contribution in [0, 0.1) is 5.92 Å². The highest BCUT2D eigenvalue weighted by Gasteiger charge is 2.21. The summed E-state index contributed by atoms with van der Waals surface area (Å²) in [7, 11) is 0. The fraction of sp³-hybridized carbons (Fsp3) is 0.375.